The first-order valence-electron chi connectivity index (χ1n) is 9.39. The molecule has 4 unspecified atom stereocenters. The molecule has 1 N–H and O–H groups in total. The van der Waals surface area contributed by atoms with Crippen LogP contribution in [0.2, 0.25) is 0 Å². The zero-order chi connectivity index (χ0) is 15.5. The number of rotatable bonds is 4. The molecule has 2 heteroatoms. The molecule has 0 bridgehead atoms. The summed E-state index contributed by atoms with van der Waals surface area (Å²) in [6, 6.07) is 1.48. The number of hydrogen-bond donors (Lipinski definition) is 1. The van der Waals surface area contributed by atoms with Gasteiger partial charge in [-0.05, 0) is 75.9 Å². The van der Waals surface area contributed by atoms with Crippen LogP contribution >= 0.6 is 0 Å². The highest BCUT2D eigenvalue weighted by Gasteiger charge is 2.39. The first-order valence-corrected chi connectivity index (χ1v) is 9.39. The van der Waals surface area contributed by atoms with Crippen LogP contribution in [0.1, 0.15) is 72.6 Å². The minimum Gasteiger partial charge on any atom is -0.315 e. The van der Waals surface area contributed by atoms with Gasteiger partial charge in [0, 0.05) is 12.1 Å². The van der Waals surface area contributed by atoms with Crippen LogP contribution in [-0.4, -0.2) is 37.1 Å². The van der Waals surface area contributed by atoms with Crippen molar-refractivity contribution in [1.82, 2.24) is 10.2 Å². The maximum Gasteiger partial charge on any atom is 0.0252 e. The molecule has 0 aromatic carbocycles. The van der Waals surface area contributed by atoms with E-state index >= 15 is 0 Å². The molecular weight excluding hydrogens is 256 g/mol. The van der Waals surface area contributed by atoms with E-state index in [0.29, 0.717) is 11.5 Å². The van der Waals surface area contributed by atoms with Crippen molar-refractivity contribution in [2.45, 2.75) is 84.7 Å². The van der Waals surface area contributed by atoms with Crippen LogP contribution < -0.4 is 5.32 Å². The second kappa shape index (κ2) is 7.46. The van der Waals surface area contributed by atoms with E-state index in [1.54, 1.807) is 0 Å². The van der Waals surface area contributed by atoms with Gasteiger partial charge in [-0.15, -0.1) is 0 Å². The van der Waals surface area contributed by atoms with Gasteiger partial charge < -0.3 is 5.32 Å². The van der Waals surface area contributed by atoms with Crippen molar-refractivity contribution in [3.05, 3.63) is 0 Å². The summed E-state index contributed by atoms with van der Waals surface area (Å²) in [5.41, 5.74) is 0.510. The first kappa shape index (κ1) is 17.3. The average Bonchev–Trinajstić information content (AvgIpc) is 2.71. The lowest BCUT2D eigenvalue weighted by Crippen LogP contribution is -2.54. The van der Waals surface area contributed by atoms with E-state index in [1.165, 1.54) is 58.0 Å². The van der Waals surface area contributed by atoms with Gasteiger partial charge in [0.15, 0.2) is 0 Å². The van der Waals surface area contributed by atoms with E-state index in [2.05, 4.69) is 45.0 Å². The van der Waals surface area contributed by atoms with E-state index < -0.39 is 0 Å². The van der Waals surface area contributed by atoms with Gasteiger partial charge in [0.25, 0.3) is 0 Å². The smallest absolute Gasteiger partial charge is 0.0252 e. The molecular formula is C19H38N2. The van der Waals surface area contributed by atoms with E-state index in [9.17, 15) is 0 Å². The van der Waals surface area contributed by atoms with Crippen LogP contribution in [0.15, 0.2) is 0 Å². The molecule has 0 spiro atoms. The largest absolute Gasteiger partial charge is 0.315 e. The van der Waals surface area contributed by atoms with Crippen molar-refractivity contribution in [3.63, 3.8) is 0 Å². The molecule has 1 saturated heterocycles. The van der Waals surface area contributed by atoms with Crippen molar-refractivity contribution in [2.75, 3.05) is 20.1 Å². The third-order valence-corrected chi connectivity index (χ3v) is 6.72. The maximum atomic E-state index is 3.63. The molecule has 1 saturated carbocycles. The Morgan fingerprint density at radius 3 is 2.52 bits per heavy atom. The summed E-state index contributed by atoms with van der Waals surface area (Å²) in [7, 11) is 2.17. The van der Waals surface area contributed by atoms with Gasteiger partial charge in [0.05, 0.1) is 0 Å². The highest BCUT2D eigenvalue weighted by atomic mass is 15.2. The lowest BCUT2D eigenvalue weighted by molar-refractivity contribution is 0.0530. The fourth-order valence-corrected chi connectivity index (χ4v) is 4.50. The molecule has 0 amide bonds. The van der Waals surface area contributed by atoms with Crippen LogP contribution in [0.4, 0.5) is 0 Å². The summed E-state index contributed by atoms with van der Waals surface area (Å²) >= 11 is 0. The molecule has 4 atom stereocenters. The lowest BCUT2D eigenvalue weighted by atomic mass is 9.67. The number of nitrogens with zero attached hydrogens (tertiary/aromatic N) is 1. The quantitative estimate of drug-likeness (QED) is 0.831. The van der Waals surface area contributed by atoms with Crippen molar-refractivity contribution < 1.29 is 0 Å². The molecule has 2 nitrogen and oxygen atoms in total. The summed E-state index contributed by atoms with van der Waals surface area (Å²) in [6.45, 7) is 12.4. The van der Waals surface area contributed by atoms with Crippen LogP contribution in [0.25, 0.3) is 0 Å². The van der Waals surface area contributed by atoms with E-state index in [4.69, 9.17) is 0 Å². The van der Waals surface area contributed by atoms with Gasteiger partial charge >= 0.3 is 0 Å². The molecule has 2 fully saturated rings. The number of likely N-dealkylation sites (N-methyl/N-ethyl adjacent to an activating group) is 1. The van der Waals surface area contributed by atoms with Gasteiger partial charge in [-0.2, -0.15) is 0 Å². The molecule has 0 aromatic rings. The van der Waals surface area contributed by atoms with Gasteiger partial charge in [0.2, 0.25) is 0 Å². The molecule has 2 aliphatic rings. The Morgan fingerprint density at radius 2 is 1.86 bits per heavy atom. The van der Waals surface area contributed by atoms with Gasteiger partial charge in [-0.25, -0.2) is 0 Å². The van der Waals surface area contributed by atoms with E-state index in [0.717, 1.165) is 17.9 Å². The predicted octanol–water partition coefficient (Wildman–Crippen LogP) is 4.30. The summed E-state index contributed by atoms with van der Waals surface area (Å²) in [5, 5.41) is 3.63. The van der Waals surface area contributed by atoms with Crippen LogP contribution in [0.5, 0.6) is 0 Å². The molecule has 1 aliphatic carbocycles. The Balaban J connectivity index is 2.05. The normalized spacial score (nSPS) is 36.4. The van der Waals surface area contributed by atoms with Gasteiger partial charge in [0.1, 0.15) is 0 Å². The standard InChI is InChI=1S/C19H38N2/c1-6-19(3,4)16-9-10-17(20-5)18(14-16)21-12-7-8-15(2)11-13-21/h15-18,20H,6-14H2,1-5H3. The number of nitrogens with one attached hydrogen (secondary N) is 1. The van der Waals surface area contributed by atoms with Crippen LogP contribution in [-0.2, 0) is 0 Å². The van der Waals surface area contributed by atoms with Crippen molar-refractivity contribution >= 4 is 0 Å². The predicted molar refractivity (Wildman–Crippen MR) is 92.6 cm³/mol. The molecule has 2 rings (SSSR count). The minimum atomic E-state index is 0.510. The lowest BCUT2D eigenvalue weighted by Gasteiger charge is -2.47. The Kier molecular flexibility index (Phi) is 6.14. The SMILES string of the molecule is CCC(C)(C)C1CCC(NC)C(N2CCCC(C)CC2)C1. The van der Waals surface area contributed by atoms with E-state index in [-0.39, 0.29) is 0 Å². The van der Waals surface area contributed by atoms with Crippen molar-refractivity contribution in [1.29, 1.82) is 0 Å². The topological polar surface area (TPSA) is 15.3 Å². The second-order valence-corrected chi connectivity index (χ2v) is 8.39. The first-order chi connectivity index (χ1) is 9.97. The molecule has 124 valence electrons. The van der Waals surface area contributed by atoms with Gasteiger partial charge in [-0.3, -0.25) is 4.90 Å². The summed E-state index contributed by atoms with van der Waals surface area (Å²) < 4.78 is 0. The molecule has 1 aliphatic heterocycles. The van der Waals surface area contributed by atoms with E-state index in [1.807, 2.05) is 0 Å². The van der Waals surface area contributed by atoms with Crippen molar-refractivity contribution in [2.24, 2.45) is 17.3 Å². The van der Waals surface area contributed by atoms with Crippen LogP contribution in [0, 0.1) is 17.3 Å². The summed E-state index contributed by atoms with van der Waals surface area (Å²) in [4.78, 5) is 2.84. The van der Waals surface area contributed by atoms with Crippen molar-refractivity contribution in [3.8, 4) is 0 Å². The zero-order valence-corrected chi connectivity index (χ0v) is 15.1. The molecule has 21 heavy (non-hydrogen) atoms. The minimum absolute atomic E-state index is 0.510. The Morgan fingerprint density at radius 1 is 1.10 bits per heavy atom. The Hall–Kier alpha value is -0.0800. The summed E-state index contributed by atoms with van der Waals surface area (Å²) in [6.07, 6.45) is 9.71. The fourth-order valence-electron chi connectivity index (χ4n) is 4.50. The highest BCUT2D eigenvalue weighted by Crippen LogP contribution is 2.42. The van der Waals surface area contributed by atoms with Gasteiger partial charge in [-0.1, -0.05) is 34.1 Å². The monoisotopic (exact) mass is 294 g/mol. The maximum absolute atomic E-state index is 3.63. The summed E-state index contributed by atoms with van der Waals surface area (Å²) in [5.74, 6) is 1.83. The zero-order valence-electron chi connectivity index (χ0n) is 15.1. The fraction of sp³-hybridized carbons (Fsp3) is 1.00. The third kappa shape index (κ3) is 4.22. The molecule has 1 heterocycles. The average molecular weight is 295 g/mol. The Bertz CT molecular complexity index is 313. The molecule has 0 aromatic heterocycles. The number of likely N-dealkylation sites (tertiary alicyclic amines) is 1. The third-order valence-electron chi connectivity index (χ3n) is 6.72. The highest BCUT2D eigenvalue weighted by molar-refractivity contribution is 4.95. The Labute approximate surface area is 133 Å². The van der Waals surface area contributed by atoms with Crippen LogP contribution in [0.3, 0.4) is 0 Å². The second-order valence-electron chi connectivity index (χ2n) is 8.39. The molecule has 0 radical (unpaired) electrons. The number of hydrogen-bond acceptors (Lipinski definition) is 2.